The molecular weight excluding hydrogens is 353 g/mol. The number of halogens is 4. The third kappa shape index (κ3) is 3.90. The second kappa shape index (κ2) is 7.35. The average molecular weight is 371 g/mol. The molecule has 7 heteroatoms. The summed E-state index contributed by atoms with van der Waals surface area (Å²) in [5.74, 6) is -0.349. The van der Waals surface area contributed by atoms with Gasteiger partial charge in [-0.2, -0.15) is 13.2 Å². The Morgan fingerprint density at radius 1 is 1.12 bits per heavy atom. The molecule has 1 amide bonds. The molecule has 25 heavy (non-hydrogen) atoms. The minimum Gasteiger partial charge on any atom is -0.398 e. The van der Waals surface area contributed by atoms with Crippen LogP contribution in [-0.2, 0) is 23.8 Å². The van der Waals surface area contributed by atoms with Gasteiger partial charge >= 0.3 is 6.18 Å². The summed E-state index contributed by atoms with van der Waals surface area (Å²) < 4.78 is 39.3. The Balaban J connectivity index is 0.00000225. The second-order valence-corrected chi connectivity index (χ2v) is 5.83. The number of carbonyl (C=O) groups is 1. The van der Waals surface area contributed by atoms with Gasteiger partial charge in [0.15, 0.2) is 0 Å². The molecule has 3 rings (SSSR count). The Hall–Kier alpha value is -2.21. The van der Waals surface area contributed by atoms with Gasteiger partial charge in [-0.3, -0.25) is 4.79 Å². The zero-order valence-corrected chi connectivity index (χ0v) is 14.2. The van der Waals surface area contributed by atoms with Gasteiger partial charge in [-0.25, -0.2) is 0 Å². The molecule has 1 heterocycles. The molecule has 0 atom stereocenters. The van der Waals surface area contributed by atoms with E-state index in [1.54, 1.807) is 23.1 Å². The van der Waals surface area contributed by atoms with Gasteiger partial charge < -0.3 is 10.6 Å². The van der Waals surface area contributed by atoms with Gasteiger partial charge in [0.25, 0.3) is 0 Å². The van der Waals surface area contributed by atoms with E-state index in [1.165, 1.54) is 18.2 Å². The van der Waals surface area contributed by atoms with Crippen molar-refractivity contribution >= 4 is 29.7 Å². The van der Waals surface area contributed by atoms with Crippen LogP contribution in [0.4, 0.5) is 24.5 Å². The smallest absolute Gasteiger partial charge is 0.398 e. The van der Waals surface area contributed by atoms with Gasteiger partial charge in [-0.05, 0) is 42.2 Å². The molecule has 0 radical (unpaired) electrons. The number of nitrogens with zero attached hydrogens (tertiary/aromatic N) is 1. The van der Waals surface area contributed by atoms with Gasteiger partial charge in [-0.15, -0.1) is 12.4 Å². The maximum atomic E-state index is 13.1. The van der Waals surface area contributed by atoms with E-state index in [9.17, 15) is 18.0 Å². The van der Waals surface area contributed by atoms with Crippen LogP contribution in [0.1, 0.15) is 23.1 Å². The highest BCUT2D eigenvalue weighted by atomic mass is 35.5. The van der Waals surface area contributed by atoms with Crippen molar-refractivity contribution in [2.75, 3.05) is 17.2 Å². The highest BCUT2D eigenvalue weighted by Gasteiger charge is 2.34. The number of rotatable bonds is 2. The van der Waals surface area contributed by atoms with Gasteiger partial charge in [0.05, 0.1) is 12.0 Å². The molecule has 2 aromatic rings. The number of nitrogen functional groups attached to an aromatic ring is 1. The number of amides is 1. The largest absolute Gasteiger partial charge is 0.416 e. The zero-order valence-electron chi connectivity index (χ0n) is 13.3. The molecule has 1 aliphatic rings. The van der Waals surface area contributed by atoms with Crippen LogP contribution in [0.25, 0.3) is 0 Å². The van der Waals surface area contributed by atoms with Gasteiger partial charge in [0.1, 0.15) is 0 Å². The maximum absolute atomic E-state index is 13.1. The molecular formula is C18H18ClF3N2O. The Labute approximate surface area is 150 Å². The monoisotopic (exact) mass is 370 g/mol. The lowest BCUT2D eigenvalue weighted by molar-refractivity contribution is -0.138. The van der Waals surface area contributed by atoms with E-state index in [0.29, 0.717) is 17.9 Å². The maximum Gasteiger partial charge on any atom is 0.416 e. The zero-order chi connectivity index (χ0) is 17.3. The summed E-state index contributed by atoms with van der Waals surface area (Å²) in [6.07, 6.45) is -3.25. The van der Waals surface area contributed by atoms with Crippen LogP contribution in [-0.4, -0.2) is 12.5 Å². The van der Waals surface area contributed by atoms with E-state index in [4.69, 9.17) is 5.73 Å². The van der Waals surface area contributed by atoms with Crippen LogP contribution >= 0.6 is 12.4 Å². The van der Waals surface area contributed by atoms with Crippen molar-refractivity contribution in [3.8, 4) is 0 Å². The predicted molar refractivity (Wildman–Crippen MR) is 93.9 cm³/mol. The molecule has 0 saturated carbocycles. The highest BCUT2D eigenvalue weighted by molar-refractivity contribution is 5.96. The van der Waals surface area contributed by atoms with E-state index in [2.05, 4.69) is 0 Å². The number of fused-ring (bicyclic) bond motifs is 1. The molecule has 0 fully saturated rings. The van der Waals surface area contributed by atoms with E-state index in [0.717, 1.165) is 24.5 Å². The second-order valence-electron chi connectivity index (χ2n) is 5.83. The number of hydrogen-bond acceptors (Lipinski definition) is 2. The van der Waals surface area contributed by atoms with Crippen molar-refractivity contribution in [2.24, 2.45) is 0 Å². The fraction of sp³-hybridized carbons (Fsp3) is 0.278. The minimum atomic E-state index is -4.47. The van der Waals surface area contributed by atoms with Gasteiger partial charge in [0, 0.05) is 17.9 Å². The Kier molecular flexibility index (Phi) is 5.62. The van der Waals surface area contributed by atoms with Crippen LogP contribution in [0.15, 0.2) is 42.5 Å². The molecule has 0 aromatic heterocycles. The van der Waals surface area contributed by atoms with E-state index in [1.807, 2.05) is 0 Å². The van der Waals surface area contributed by atoms with Crippen LogP contribution in [0, 0.1) is 0 Å². The van der Waals surface area contributed by atoms with Crippen molar-refractivity contribution in [2.45, 2.75) is 25.4 Å². The lowest BCUT2D eigenvalue weighted by atomic mass is 9.98. The first kappa shape index (κ1) is 19.1. The van der Waals surface area contributed by atoms with Gasteiger partial charge in [0.2, 0.25) is 5.91 Å². The number of alkyl halides is 3. The van der Waals surface area contributed by atoms with Gasteiger partial charge in [-0.1, -0.05) is 24.3 Å². The molecule has 1 aliphatic heterocycles. The number of nitrogens with two attached hydrogens (primary N) is 1. The van der Waals surface area contributed by atoms with E-state index >= 15 is 0 Å². The molecule has 0 unspecified atom stereocenters. The summed E-state index contributed by atoms with van der Waals surface area (Å²) in [7, 11) is 0. The van der Waals surface area contributed by atoms with Crippen molar-refractivity contribution in [1.29, 1.82) is 0 Å². The molecule has 0 spiro atoms. The summed E-state index contributed by atoms with van der Waals surface area (Å²) in [4.78, 5) is 14.2. The Morgan fingerprint density at radius 2 is 1.84 bits per heavy atom. The Morgan fingerprint density at radius 3 is 2.56 bits per heavy atom. The molecule has 2 aromatic carbocycles. The first-order valence-electron chi connectivity index (χ1n) is 7.71. The van der Waals surface area contributed by atoms with Crippen LogP contribution in [0.5, 0.6) is 0 Å². The summed E-state index contributed by atoms with van der Waals surface area (Å²) in [5.41, 5.74) is 7.39. The first-order chi connectivity index (χ1) is 11.4. The molecule has 0 saturated heterocycles. The number of carbonyl (C=O) groups excluding carboxylic acids is 1. The van der Waals surface area contributed by atoms with Crippen LogP contribution in [0.2, 0.25) is 0 Å². The Bertz CT molecular complexity index is 777. The standard InChI is InChI=1S/C18H17F3N2O.ClH/c19-18(20,21)14-7-2-1-5-12(14)11-17(24)23-10-4-6-13-15(22)8-3-9-16(13)23;/h1-3,5,7-9H,4,6,10-11,22H2;1H. The summed E-state index contributed by atoms with van der Waals surface area (Å²) >= 11 is 0. The van der Waals surface area contributed by atoms with E-state index < -0.39 is 11.7 Å². The molecule has 134 valence electrons. The van der Waals surface area contributed by atoms with Crippen molar-refractivity contribution < 1.29 is 18.0 Å². The quantitative estimate of drug-likeness (QED) is 0.804. The fourth-order valence-corrected chi connectivity index (χ4v) is 3.12. The minimum absolute atomic E-state index is 0. The summed E-state index contributed by atoms with van der Waals surface area (Å²) in [5, 5.41) is 0. The molecule has 3 nitrogen and oxygen atoms in total. The summed E-state index contributed by atoms with van der Waals surface area (Å²) in [6, 6.07) is 10.5. The third-order valence-corrected chi connectivity index (χ3v) is 4.25. The summed E-state index contributed by atoms with van der Waals surface area (Å²) in [6.45, 7) is 0.490. The van der Waals surface area contributed by atoms with Crippen LogP contribution < -0.4 is 10.6 Å². The number of hydrogen-bond donors (Lipinski definition) is 1. The fourth-order valence-electron chi connectivity index (χ4n) is 3.12. The third-order valence-electron chi connectivity index (χ3n) is 4.25. The number of benzene rings is 2. The SMILES string of the molecule is Cl.Nc1cccc2c1CCCN2C(=O)Cc1ccccc1C(F)(F)F. The normalized spacial score (nSPS) is 13.8. The number of anilines is 2. The lowest BCUT2D eigenvalue weighted by Gasteiger charge is -2.30. The van der Waals surface area contributed by atoms with Crippen molar-refractivity contribution in [1.82, 2.24) is 0 Å². The van der Waals surface area contributed by atoms with Crippen molar-refractivity contribution in [3.05, 3.63) is 59.2 Å². The first-order valence-corrected chi connectivity index (χ1v) is 7.71. The van der Waals surface area contributed by atoms with Crippen LogP contribution in [0.3, 0.4) is 0 Å². The predicted octanol–water partition coefficient (Wildman–Crippen LogP) is 4.23. The average Bonchev–Trinajstić information content (AvgIpc) is 2.54. The van der Waals surface area contributed by atoms with E-state index in [-0.39, 0.29) is 30.3 Å². The molecule has 0 bridgehead atoms. The topological polar surface area (TPSA) is 46.3 Å². The highest BCUT2D eigenvalue weighted by Crippen LogP contribution is 2.34. The van der Waals surface area contributed by atoms with Crippen molar-refractivity contribution in [3.63, 3.8) is 0 Å². The lowest BCUT2D eigenvalue weighted by Crippen LogP contribution is -2.37. The molecule has 0 aliphatic carbocycles. The molecule has 2 N–H and O–H groups in total.